The van der Waals surface area contributed by atoms with Gasteiger partial charge >= 0.3 is 0 Å². The first-order valence-electron chi connectivity index (χ1n) is 13.0. The molecular formula is C29H37N3O4S. The predicted molar refractivity (Wildman–Crippen MR) is 148 cm³/mol. The molecule has 4 rings (SSSR count). The first-order chi connectivity index (χ1) is 17.9. The fourth-order valence-corrected chi connectivity index (χ4v) is 5.84. The van der Waals surface area contributed by atoms with Crippen LogP contribution in [0.15, 0.2) is 53.6 Å². The summed E-state index contributed by atoms with van der Waals surface area (Å²) in [5.74, 6) is 0.948. The molecule has 2 amide bonds. The van der Waals surface area contributed by atoms with Crippen LogP contribution in [0.2, 0.25) is 0 Å². The number of carbonyl (C=O) groups is 2. The van der Waals surface area contributed by atoms with Crippen LogP contribution in [0.3, 0.4) is 0 Å². The zero-order valence-corrected chi connectivity index (χ0v) is 23.0. The number of hydrogen-bond acceptors (Lipinski definition) is 5. The van der Waals surface area contributed by atoms with E-state index in [0.29, 0.717) is 44.9 Å². The van der Waals surface area contributed by atoms with Gasteiger partial charge < -0.3 is 24.3 Å². The fraction of sp³-hybridized carbons (Fsp3) is 0.448. The third kappa shape index (κ3) is 6.30. The highest BCUT2D eigenvalue weighted by molar-refractivity contribution is 8.00. The van der Waals surface area contributed by atoms with Gasteiger partial charge in [-0.3, -0.25) is 9.59 Å². The molecule has 0 spiro atoms. The molecule has 0 fully saturated rings. The van der Waals surface area contributed by atoms with Crippen molar-refractivity contribution in [1.29, 1.82) is 0 Å². The van der Waals surface area contributed by atoms with E-state index >= 15 is 0 Å². The van der Waals surface area contributed by atoms with Gasteiger partial charge in [-0.05, 0) is 57.4 Å². The molecule has 1 unspecified atom stereocenters. The Kier molecular flexibility index (Phi) is 9.16. The molecule has 1 aliphatic rings. The minimum absolute atomic E-state index is 0.0282. The summed E-state index contributed by atoms with van der Waals surface area (Å²) in [7, 11) is 2.01. The zero-order chi connectivity index (χ0) is 26.4. The van der Waals surface area contributed by atoms with Crippen molar-refractivity contribution in [2.75, 3.05) is 32.1 Å². The smallest absolute Gasteiger partial charge is 0.247 e. The number of amides is 2. The lowest BCUT2D eigenvalue weighted by Gasteiger charge is -2.30. The molecule has 2 aromatic carbocycles. The number of ether oxygens (including phenoxy) is 2. The summed E-state index contributed by atoms with van der Waals surface area (Å²) in [6.07, 6.45) is 1.52. The second kappa shape index (κ2) is 12.5. The summed E-state index contributed by atoms with van der Waals surface area (Å²) in [5, 5.41) is 5.08. The van der Waals surface area contributed by atoms with Crippen LogP contribution in [-0.2, 0) is 27.8 Å². The molecule has 0 saturated heterocycles. The van der Waals surface area contributed by atoms with Crippen LogP contribution < -0.4 is 10.1 Å². The highest BCUT2D eigenvalue weighted by Crippen LogP contribution is 2.41. The summed E-state index contributed by atoms with van der Waals surface area (Å²) in [4.78, 5) is 29.0. The van der Waals surface area contributed by atoms with E-state index in [9.17, 15) is 9.59 Å². The van der Waals surface area contributed by atoms with Gasteiger partial charge in [-0.25, -0.2) is 0 Å². The van der Waals surface area contributed by atoms with E-state index in [0.717, 1.165) is 32.8 Å². The molecule has 0 aliphatic carbocycles. The Balaban J connectivity index is 1.62. The second-order valence-corrected chi connectivity index (χ2v) is 10.4. The number of benzene rings is 2. The maximum atomic E-state index is 13.8. The molecule has 1 N–H and O–H groups in total. The van der Waals surface area contributed by atoms with Gasteiger partial charge in [0.2, 0.25) is 11.8 Å². The van der Waals surface area contributed by atoms with E-state index < -0.39 is 6.04 Å². The van der Waals surface area contributed by atoms with Crippen LogP contribution in [0.4, 0.5) is 0 Å². The predicted octanol–water partition coefficient (Wildman–Crippen LogP) is 4.73. The van der Waals surface area contributed by atoms with E-state index in [2.05, 4.69) is 16.0 Å². The van der Waals surface area contributed by atoms with E-state index in [1.807, 2.05) is 70.3 Å². The molecule has 0 radical (unpaired) electrons. The average molecular weight is 524 g/mol. The highest BCUT2D eigenvalue weighted by atomic mass is 32.2. The van der Waals surface area contributed by atoms with Crippen LogP contribution in [0.5, 0.6) is 5.75 Å². The number of carbonyl (C=O) groups excluding carboxylic acids is 2. The van der Waals surface area contributed by atoms with Gasteiger partial charge in [-0.2, -0.15) is 0 Å². The van der Waals surface area contributed by atoms with Crippen LogP contribution in [0.25, 0.3) is 10.9 Å². The van der Waals surface area contributed by atoms with Gasteiger partial charge in [-0.1, -0.05) is 42.1 Å². The highest BCUT2D eigenvalue weighted by Gasteiger charge is 2.38. The van der Waals surface area contributed by atoms with Crippen LogP contribution in [0.1, 0.15) is 44.4 Å². The van der Waals surface area contributed by atoms with Gasteiger partial charge in [-0.15, -0.1) is 0 Å². The first kappa shape index (κ1) is 27.1. The number of hydrogen-bond donors (Lipinski definition) is 1. The number of aromatic nitrogens is 1. The van der Waals surface area contributed by atoms with Gasteiger partial charge in [0.1, 0.15) is 11.8 Å². The van der Waals surface area contributed by atoms with Crippen molar-refractivity contribution < 1.29 is 19.1 Å². The number of aryl methyl sites for hydroxylation is 1. The quantitative estimate of drug-likeness (QED) is 0.368. The van der Waals surface area contributed by atoms with Gasteiger partial charge in [0.15, 0.2) is 0 Å². The van der Waals surface area contributed by atoms with Crippen molar-refractivity contribution in [2.45, 2.75) is 50.8 Å². The lowest BCUT2D eigenvalue weighted by molar-refractivity contribution is -0.138. The standard InChI is InChI=1S/C29H37N3O4S/c1-5-35-22-13-11-21(12-14-22)15-17-32-25(33)19-37-29-26(23-9-6-7-10-24(23)31(29)4)27(32)28(34)30-16-8-18-36-20(2)3/h6-7,9-14,20,27H,5,8,15-19H2,1-4H3,(H,30,34). The van der Waals surface area contributed by atoms with Crippen LogP contribution in [0, 0.1) is 0 Å². The van der Waals surface area contributed by atoms with Crippen molar-refractivity contribution >= 4 is 34.5 Å². The maximum absolute atomic E-state index is 13.8. The fourth-order valence-electron chi connectivity index (χ4n) is 4.75. The second-order valence-electron chi connectivity index (χ2n) is 9.46. The molecule has 198 valence electrons. The molecule has 1 aromatic heterocycles. The Morgan fingerprint density at radius 1 is 1.16 bits per heavy atom. The molecule has 2 heterocycles. The number of nitrogens with one attached hydrogen (secondary N) is 1. The first-order valence-corrected chi connectivity index (χ1v) is 14.0. The zero-order valence-electron chi connectivity index (χ0n) is 22.2. The van der Waals surface area contributed by atoms with Crippen molar-refractivity contribution in [3.05, 3.63) is 59.7 Å². The van der Waals surface area contributed by atoms with Crippen molar-refractivity contribution in [3.8, 4) is 5.75 Å². The monoisotopic (exact) mass is 523 g/mol. The van der Waals surface area contributed by atoms with Gasteiger partial charge in [0, 0.05) is 43.2 Å². The Morgan fingerprint density at radius 3 is 2.65 bits per heavy atom. The topological polar surface area (TPSA) is 72.8 Å². The van der Waals surface area contributed by atoms with Crippen molar-refractivity contribution in [3.63, 3.8) is 0 Å². The minimum Gasteiger partial charge on any atom is -0.494 e. The summed E-state index contributed by atoms with van der Waals surface area (Å²) in [6.45, 7) is 8.10. The molecule has 0 bridgehead atoms. The summed E-state index contributed by atoms with van der Waals surface area (Å²) in [5.41, 5.74) is 3.07. The molecule has 3 aromatic rings. The molecule has 0 saturated carbocycles. The van der Waals surface area contributed by atoms with Crippen molar-refractivity contribution in [1.82, 2.24) is 14.8 Å². The Hall–Kier alpha value is -2.97. The van der Waals surface area contributed by atoms with Crippen LogP contribution >= 0.6 is 11.8 Å². The minimum atomic E-state index is -0.697. The summed E-state index contributed by atoms with van der Waals surface area (Å²) < 4.78 is 13.3. The number of thioether (sulfide) groups is 1. The van der Waals surface area contributed by atoms with Gasteiger partial charge in [0.05, 0.1) is 23.5 Å². The number of para-hydroxylation sites is 1. The number of nitrogens with zero attached hydrogens (tertiary/aromatic N) is 2. The van der Waals surface area contributed by atoms with E-state index in [4.69, 9.17) is 9.47 Å². The molecule has 37 heavy (non-hydrogen) atoms. The summed E-state index contributed by atoms with van der Waals surface area (Å²) in [6, 6.07) is 15.4. The molecule has 1 atom stereocenters. The SMILES string of the molecule is CCOc1ccc(CCN2C(=O)CSc3c(c4ccccc4n3C)C2C(=O)NCCCOC(C)C)cc1. The molecule has 7 nitrogen and oxygen atoms in total. The molecule has 8 heteroatoms. The van der Waals surface area contributed by atoms with Crippen LogP contribution in [-0.4, -0.2) is 59.4 Å². The average Bonchev–Trinajstić information content (AvgIpc) is 3.07. The van der Waals surface area contributed by atoms with E-state index in [1.165, 1.54) is 11.8 Å². The number of rotatable bonds is 11. The third-order valence-corrected chi connectivity index (χ3v) is 7.68. The normalized spacial score (nSPS) is 15.6. The Bertz CT molecular complexity index is 1220. The summed E-state index contributed by atoms with van der Waals surface area (Å²) >= 11 is 1.51. The van der Waals surface area contributed by atoms with Crippen molar-refractivity contribution in [2.24, 2.45) is 7.05 Å². The molecular weight excluding hydrogens is 486 g/mol. The molecule has 1 aliphatic heterocycles. The lowest BCUT2D eigenvalue weighted by Crippen LogP contribution is -2.45. The maximum Gasteiger partial charge on any atom is 0.247 e. The largest absolute Gasteiger partial charge is 0.494 e. The lowest BCUT2D eigenvalue weighted by atomic mass is 10.0. The number of fused-ring (bicyclic) bond motifs is 3. The van der Waals surface area contributed by atoms with E-state index in [-0.39, 0.29) is 17.9 Å². The third-order valence-electron chi connectivity index (χ3n) is 6.52. The Labute approximate surface area is 223 Å². The van der Waals surface area contributed by atoms with E-state index in [1.54, 1.807) is 4.90 Å². The Morgan fingerprint density at radius 2 is 1.92 bits per heavy atom. The van der Waals surface area contributed by atoms with Gasteiger partial charge in [0.25, 0.3) is 0 Å².